The van der Waals surface area contributed by atoms with E-state index >= 15 is 0 Å². The molecule has 1 amide bonds. The number of carbonyl (C=O) groups excluding carboxylic acids is 1. The Morgan fingerprint density at radius 3 is 2.37 bits per heavy atom. The highest BCUT2D eigenvalue weighted by Crippen LogP contribution is 2.43. The van der Waals surface area contributed by atoms with Crippen LogP contribution in [-0.2, 0) is 4.79 Å². The molecule has 108 valence electrons. The molecule has 0 aliphatic heterocycles. The number of nitrogens with zero attached hydrogens (tertiary/aromatic N) is 1. The molecule has 0 heterocycles. The smallest absolute Gasteiger partial charge is 0.234 e. The lowest BCUT2D eigenvalue weighted by Gasteiger charge is -2.41. The third-order valence-electron chi connectivity index (χ3n) is 4.76. The van der Waals surface area contributed by atoms with Crippen LogP contribution in [-0.4, -0.2) is 34.5 Å². The molecule has 0 aromatic rings. The highest BCUT2D eigenvalue weighted by Gasteiger charge is 2.46. The summed E-state index contributed by atoms with van der Waals surface area (Å²) in [5.41, 5.74) is 4.99. The van der Waals surface area contributed by atoms with Crippen molar-refractivity contribution in [2.45, 2.75) is 49.7 Å². The van der Waals surface area contributed by atoms with E-state index in [-0.39, 0.29) is 16.5 Å². The lowest BCUT2D eigenvalue weighted by molar-refractivity contribution is -0.127. The number of hydrogen-bond acceptors (Lipinski definition) is 4. The first-order chi connectivity index (χ1) is 9.08. The summed E-state index contributed by atoms with van der Waals surface area (Å²) in [7, 11) is 0. The third-order valence-corrected chi connectivity index (χ3v) is 6.18. The minimum Gasteiger partial charge on any atom is -0.409 e. The van der Waals surface area contributed by atoms with Gasteiger partial charge in [0.1, 0.15) is 5.41 Å². The lowest BCUT2D eigenvalue weighted by Crippen LogP contribution is -2.53. The molecule has 2 fully saturated rings. The number of carbonyl (C=O) groups is 1. The van der Waals surface area contributed by atoms with Gasteiger partial charge < -0.3 is 16.3 Å². The molecule has 0 aromatic carbocycles. The van der Waals surface area contributed by atoms with Gasteiger partial charge in [0.2, 0.25) is 5.91 Å². The molecule has 0 unspecified atom stereocenters. The summed E-state index contributed by atoms with van der Waals surface area (Å²) in [6.07, 6.45) is 8.93. The van der Waals surface area contributed by atoms with Crippen molar-refractivity contribution in [3.8, 4) is 0 Å². The van der Waals surface area contributed by atoms with Crippen molar-refractivity contribution in [3.63, 3.8) is 0 Å². The van der Waals surface area contributed by atoms with Crippen molar-refractivity contribution < 1.29 is 10.0 Å². The van der Waals surface area contributed by atoms with E-state index in [1.165, 1.54) is 6.42 Å². The van der Waals surface area contributed by atoms with Crippen LogP contribution in [0.15, 0.2) is 5.16 Å². The van der Waals surface area contributed by atoms with E-state index in [0.29, 0.717) is 19.4 Å². The van der Waals surface area contributed by atoms with Crippen LogP contribution in [0.25, 0.3) is 0 Å². The van der Waals surface area contributed by atoms with Crippen LogP contribution in [0.1, 0.15) is 44.9 Å². The molecular weight excluding hydrogens is 262 g/mol. The van der Waals surface area contributed by atoms with E-state index in [0.717, 1.165) is 25.7 Å². The van der Waals surface area contributed by atoms with Crippen molar-refractivity contribution in [1.29, 1.82) is 0 Å². The van der Waals surface area contributed by atoms with Gasteiger partial charge >= 0.3 is 0 Å². The average molecular weight is 285 g/mol. The summed E-state index contributed by atoms with van der Waals surface area (Å²) in [4.78, 5) is 12.5. The second-order valence-corrected chi connectivity index (χ2v) is 6.97. The fraction of sp³-hybridized carbons (Fsp3) is 0.846. The van der Waals surface area contributed by atoms with Gasteiger partial charge in [-0.2, -0.15) is 11.8 Å². The lowest BCUT2D eigenvalue weighted by atomic mass is 9.81. The third kappa shape index (κ3) is 2.55. The second kappa shape index (κ2) is 5.61. The highest BCUT2D eigenvalue weighted by molar-refractivity contribution is 8.00. The predicted molar refractivity (Wildman–Crippen MR) is 77.4 cm³/mol. The number of oxime groups is 1. The van der Waals surface area contributed by atoms with Gasteiger partial charge in [0.25, 0.3) is 0 Å². The monoisotopic (exact) mass is 285 g/mol. The van der Waals surface area contributed by atoms with Crippen molar-refractivity contribution in [1.82, 2.24) is 5.32 Å². The standard InChI is InChI=1S/C13H23N3O2S/c1-19-12(5-4-6-12)9-15-11(17)13(10(14)16-18)7-2-3-8-13/h18H,2-9H2,1H3,(H2,14,16)(H,15,17). The maximum Gasteiger partial charge on any atom is 0.234 e. The second-order valence-electron chi connectivity index (χ2n) is 5.70. The van der Waals surface area contributed by atoms with Crippen LogP contribution < -0.4 is 11.1 Å². The molecule has 4 N–H and O–H groups in total. The molecule has 0 bridgehead atoms. The number of nitrogens with two attached hydrogens (primary N) is 1. The first kappa shape index (κ1) is 14.5. The maximum atomic E-state index is 12.5. The van der Waals surface area contributed by atoms with E-state index in [9.17, 15) is 4.79 Å². The summed E-state index contributed by atoms with van der Waals surface area (Å²) in [6, 6.07) is 0. The summed E-state index contributed by atoms with van der Waals surface area (Å²) >= 11 is 1.83. The molecule has 19 heavy (non-hydrogen) atoms. The molecule has 0 spiro atoms. The van der Waals surface area contributed by atoms with E-state index in [4.69, 9.17) is 10.9 Å². The van der Waals surface area contributed by atoms with Crippen LogP contribution in [0.4, 0.5) is 0 Å². The molecule has 0 saturated heterocycles. The zero-order valence-electron chi connectivity index (χ0n) is 11.4. The Morgan fingerprint density at radius 1 is 1.32 bits per heavy atom. The minimum atomic E-state index is -0.780. The zero-order valence-corrected chi connectivity index (χ0v) is 12.3. The largest absolute Gasteiger partial charge is 0.409 e. The summed E-state index contributed by atoms with van der Waals surface area (Å²) in [6.45, 7) is 0.688. The van der Waals surface area contributed by atoms with Gasteiger partial charge in [0.05, 0.1) is 0 Å². The molecular formula is C13H23N3O2S. The van der Waals surface area contributed by atoms with Crippen LogP contribution >= 0.6 is 11.8 Å². The molecule has 2 rings (SSSR count). The fourth-order valence-corrected chi connectivity index (χ4v) is 4.02. The Morgan fingerprint density at radius 2 is 1.95 bits per heavy atom. The molecule has 5 nitrogen and oxygen atoms in total. The van der Waals surface area contributed by atoms with Crippen molar-refractivity contribution in [3.05, 3.63) is 0 Å². The Hall–Kier alpha value is -0.910. The SMILES string of the molecule is CSC1(CNC(=O)C2(C(N)=NO)CCCC2)CCC1. The van der Waals surface area contributed by atoms with Crippen molar-refractivity contribution >= 4 is 23.5 Å². The Kier molecular flexibility index (Phi) is 4.28. The first-order valence-electron chi connectivity index (χ1n) is 6.90. The molecule has 6 heteroatoms. The number of amidine groups is 1. The van der Waals surface area contributed by atoms with Gasteiger partial charge in [-0.1, -0.05) is 24.4 Å². The van der Waals surface area contributed by atoms with Gasteiger partial charge in [-0.3, -0.25) is 4.79 Å². The van der Waals surface area contributed by atoms with Crippen LogP contribution in [0, 0.1) is 5.41 Å². The molecule has 0 radical (unpaired) electrons. The van der Waals surface area contributed by atoms with Gasteiger partial charge in [0, 0.05) is 11.3 Å². The fourth-order valence-electron chi connectivity index (χ4n) is 3.11. The molecule has 0 aromatic heterocycles. The van der Waals surface area contributed by atoms with Gasteiger partial charge in [0.15, 0.2) is 5.84 Å². The van der Waals surface area contributed by atoms with E-state index in [2.05, 4.69) is 16.7 Å². The maximum absolute atomic E-state index is 12.5. The summed E-state index contributed by atoms with van der Waals surface area (Å²) in [5.74, 6) is -0.00469. The number of thioether (sulfide) groups is 1. The number of hydrogen-bond donors (Lipinski definition) is 3. The van der Waals surface area contributed by atoms with Gasteiger partial charge in [-0.05, 0) is 31.9 Å². The minimum absolute atomic E-state index is 0.0642. The molecule has 2 aliphatic rings. The van der Waals surface area contributed by atoms with Crippen LogP contribution in [0.2, 0.25) is 0 Å². The van der Waals surface area contributed by atoms with Gasteiger partial charge in [-0.15, -0.1) is 0 Å². The Labute approximate surface area is 118 Å². The normalized spacial score (nSPS) is 24.8. The zero-order chi connectivity index (χ0) is 13.9. The topological polar surface area (TPSA) is 87.7 Å². The number of rotatable bonds is 5. The van der Waals surface area contributed by atoms with Crippen LogP contribution in [0.3, 0.4) is 0 Å². The van der Waals surface area contributed by atoms with Crippen LogP contribution in [0.5, 0.6) is 0 Å². The highest BCUT2D eigenvalue weighted by atomic mass is 32.2. The van der Waals surface area contributed by atoms with Crippen molar-refractivity contribution in [2.75, 3.05) is 12.8 Å². The van der Waals surface area contributed by atoms with E-state index in [1.807, 2.05) is 11.8 Å². The molecule has 0 atom stereocenters. The Bertz CT molecular complexity index is 369. The Balaban J connectivity index is 2.01. The number of nitrogens with one attached hydrogen (secondary N) is 1. The number of amides is 1. The van der Waals surface area contributed by atoms with E-state index < -0.39 is 5.41 Å². The average Bonchev–Trinajstić information content (AvgIpc) is 2.87. The molecule has 2 aliphatic carbocycles. The van der Waals surface area contributed by atoms with E-state index in [1.54, 1.807) is 0 Å². The molecule has 2 saturated carbocycles. The quantitative estimate of drug-likeness (QED) is 0.310. The van der Waals surface area contributed by atoms with Crippen molar-refractivity contribution in [2.24, 2.45) is 16.3 Å². The summed E-state index contributed by atoms with van der Waals surface area (Å²) < 4.78 is 0.209. The summed E-state index contributed by atoms with van der Waals surface area (Å²) in [5, 5.41) is 15.1. The first-order valence-corrected chi connectivity index (χ1v) is 8.12. The predicted octanol–water partition coefficient (Wildman–Crippen LogP) is 1.70. The van der Waals surface area contributed by atoms with Gasteiger partial charge in [-0.25, -0.2) is 0 Å².